The van der Waals surface area contributed by atoms with Crippen LogP contribution in [0.25, 0.3) is 5.69 Å². The largest absolute Gasteiger partial charge is 0.495 e. The molecule has 0 aliphatic carbocycles. The van der Waals surface area contributed by atoms with Gasteiger partial charge >= 0.3 is 0 Å². The molecule has 2 aromatic carbocycles. The third-order valence-corrected chi connectivity index (χ3v) is 4.27. The highest BCUT2D eigenvalue weighted by Gasteiger charge is 2.12. The van der Waals surface area contributed by atoms with Gasteiger partial charge in [0.25, 0.3) is 5.56 Å². The molecule has 6 heteroatoms. The van der Waals surface area contributed by atoms with Gasteiger partial charge in [-0.2, -0.15) is 0 Å². The molecule has 1 heterocycles. The fraction of sp³-hybridized carbons (Fsp3) is 0.158. The van der Waals surface area contributed by atoms with Crippen molar-refractivity contribution in [1.29, 1.82) is 0 Å². The molecule has 1 N–H and O–H groups in total. The highest BCUT2D eigenvalue weighted by Crippen LogP contribution is 2.26. The van der Waals surface area contributed by atoms with Crippen molar-refractivity contribution in [2.45, 2.75) is 13.8 Å². The molecule has 0 amide bonds. The number of ether oxygens (including phenoxy) is 1. The van der Waals surface area contributed by atoms with Gasteiger partial charge in [-0.25, -0.2) is 4.68 Å². The summed E-state index contributed by atoms with van der Waals surface area (Å²) in [5, 5.41) is 3.55. The quantitative estimate of drug-likeness (QED) is 0.713. The number of aliphatic imine (C=N–C) groups is 1. The molecule has 0 saturated carbocycles. The maximum atomic E-state index is 12.7. The van der Waals surface area contributed by atoms with E-state index in [1.54, 1.807) is 24.4 Å². The maximum absolute atomic E-state index is 12.7. The Morgan fingerprint density at radius 3 is 2.68 bits per heavy atom. The van der Waals surface area contributed by atoms with Crippen molar-refractivity contribution < 1.29 is 4.74 Å². The van der Waals surface area contributed by atoms with Crippen LogP contribution in [0.5, 0.6) is 5.75 Å². The molecule has 3 rings (SSSR count). The van der Waals surface area contributed by atoms with Crippen LogP contribution >= 0.6 is 11.6 Å². The van der Waals surface area contributed by atoms with Gasteiger partial charge in [0.05, 0.1) is 29.1 Å². The van der Waals surface area contributed by atoms with Crippen LogP contribution < -0.4 is 10.3 Å². The molecule has 3 aromatic rings. The van der Waals surface area contributed by atoms with Gasteiger partial charge < -0.3 is 4.74 Å². The average molecular weight is 356 g/mol. The van der Waals surface area contributed by atoms with Gasteiger partial charge in [-0.15, -0.1) is 0 Å². The van der Waals surface area contributed by atoms with Crippen LogP contribution in [0, 0.1) is 13.8 Å². The number of hydrogen-bond acceptors (Lipinski definition) is 3. The number of nitrogens with zero attached hydrogens (tertiary/aromatic N) is 2. The molecule has 0 unspecified atom stereocenters. The van der Waals surface area contributed by atoms with E-state index < -0.39 is 0 Å². The van der Waals surface area contributed by atoms with E-state index in [1.807, 2.05) is 38.1 Å². The summed E-state index contributed by atoms with van der Waals surface area (Å²) in [6.45, 7) is 3.82. The van der Waals surface area contributed by atoms with E-state index in [-0.39, 0.29) is 5.56 Å². The molecule has 25 heavy (non-hydrogen) atoms. The molecule has 0 atom stereocenters. The summed E-state index contributed by atoms with van der Waals surface area (Å²) in [5.74, 6) is 0.508. The van der Waals surface area contributed by atoms with Crippen LogP contribution in [0.2, 0.25) is 5.02 Å². The summed E-state index contributed by atoms with van der Waals surface area (Å²) in [5.41, 5.74) is 3.59. The monoisotopic (exact) mass is 355 g/mol. The fourth-order valence-corrected chi connectivity index (χ4v) is 2.72. The first-order valence-electron chi connectivity index (χ1n) is 7.76. The molecule has 1 aromatic heterocycles. The molecule has 128 valence electrons. The van der Waals surface area contributed by atoms with Gasteiger partial charge in [0.2, 0.25) is 0 Å². The van der Waals surface area contributed by atoms with Gasteiger partial charge in [-0.3, -0.25) is 14.9 Å². The molecule has 0 spiro atoms. The second kappa shape index (κ2) is 6.99. The Bertz CT molecular complexity index is 1000. The zero-order chi connectivity index (χ0) is 18.0. The van der Waals surface area contributed by atoms with Crippen LogP contribution in [-0.2, 0) is 0 Å². The number of aromatic amines is 1. The average Bonchev–Trinajstić information content (AvgIpc) is 2.89. The van der Waals surface area contributed by atoms with E-state index in [9.17, 15) is 4.79 Å². The Kier molecular flexibility index (Phi) is 4.76. The number of aromatic nitrogens is 2. The van der Waals surface area contributed by atoms with Crippen molar-refractivity contribution in [3.05, 3.63) is 74.7 Å². The topological polar surface area (TPSA) is 59.4 Å². The minimum absolute atomic E-state index is 0.181. The standard InChI is InChI=1S/C19H18ClN3O2/c1-12-6-4-5-7-17(12)21-11-15-13(2)22-23(19(15)24)14-8-9-16(20)18(10-14)25-3/h4-11,22H,1-3H3. The van der Waals surface area contributed by atoms with Crippen LogP contribution in [0.15, 0.2) is 52.3 Å². The van der Waals surface area contributed by atoms with E-state index in [0.717, 1.165) is 16.9 Å². The Morgan fingerprint density at radius 2 is 1.96 bits per heavy atom. The summed E-state index contributed by atoms with van der Waals surface area (Å²) in [6.07, 6.45) is 1.60. The summed E-state index contributed by atoms with van der Waals surface area (Å²) in [4.78, 5) is 17.2. The molecule has 0 aliphatic heterocycles. The number of para-hydroxylation sites is 1. The van der Waals surface area contributed by atoms with Crippen molar-refractivity contribution in [2.75, 3.05) is 7.11 Å². The first-order chi connectivity index (χ1) is 12.0. The minimum atomic E-state index is -0.181. The molecule has 0 bridgehead atoms. The van der Waals surface area contributed by atoms with E-state index in [4.69, 9.17) is 16.3 Å². The number of rotatable bonds is 4. The summed E-state index contributed by atoms with van der Waals surface area (Å²) >= 11 is 6.05. The van der Waals surface area contributed by atoms with Gasteiger partial charge in [0.15, 0.2) is 0 Å². The van der Waals surface area contributed by atoms with Crippen molar-refractivity contribution in [3.63, 3.8) is 0 Å². The third kappa shape index (κ3) is 3.37. The first-order valence-corrected chi connectivity index (χ1v) is 8.14. The second-order valence-corrected chi connectivity index (χ2v) is 6.06. The SMILES string of the molecule is COc1cc(-n2[nH]c(C)c(C=Nc3ccccc3C)c2=O)ccc1Cl. The predicted octanol–water partition coefficient (Wildman–Crippen LogP) is 4.20. The van der Waals surface area contributed by atoms with Crippen molar-refractivity contribution in [2.24, 2.45) is 4.99 Å². The molecular formula is C19H18ClN3O2. The Labute approximate surface area is 150 Å². The number of H-pyrrole nitrogens is 1. The molecule has 0 fully saturated rings. The van der Waals surface area contributed by atoms with E-state index >= 15 is 0 Å². The van der Waals surface area contributed by atoms with E-state index in [2.05, 4.69) is 10.1 Å². The smallest absolute Gasteiger partial charge is 0.280 e. The number of benzene rings is 2. The Balaban J connectivity index is 2.02. The lowest BCUT2D eigenvalue weighted by Crippen LogP contribution is -2.17. The van der Waals surface area contributed by atoms with Gasteiger partial charge in [0, 0.05) is 18.0 Å². The number of halogens is 1. The number of nitrogens with one attached hydrogen (secondary N) is 1. The highest BCUT2D eigenvalue weighted by molar-refractivity contribution is 6.32. The minimum Gasteiger partial charge on any atom is -0.495 e. The molecular weight excluding hydrogens is 338 g/mol. The first kappa shape index (κ1) is 17.0. The van der Waals surface area contributed by atoms with E-state index in [1.165, 1.54) is 11.8 Å². The molecule has 0 radical (unpaired) electrons. The predicted molar refractivity (Wildman–Crippen MR) is 101 cm³/mol. The fourth-order valence-electron chi connectivity index (χ4n) is 2.52. The lowest BCUT2D eigenvalue weighted by molar-refractivity contribution is 0.414. The van der Waals surface area contributed by atoms with Gasteiger partial charge in [0.1, 0.15) is 5.75 Å². The third-order valence-electron chi connectivity index (χ3n) is 3.96. The Morgan fingerprint density at radius 1 is 1.20 bits per heavy atom. The summed E-state index contributed by atoms with van der Waals surface area (Å²) in [7, 11) is 1.54. The molecule has 0 aliphatic rings. The lowest BCUT2D eigenvalue weighted by Gasteiger charge is -2.06. The Hall–Kier alpha value is -2.79. The lowest BCUT2D eigenvalue weighted by atomic mass is 10.2. The van der Waals surface area contributed by atoms with Crippen LogP contribution in [0.3, 0.4) is 0 Å². The zero-order valence-corrected chi connectivity index (χ0v) is 15.0. The van der Waals surface area contributed by atoms with Crippen LogP contribution in [0.1, 0.15) is 16.8 Å². The van der Waals surface area contributed by atoms with Crippen molar-refractivity contribution in [1.82, 2.24) is 9.78 Å². The van der Waals surface area contributed by atoms with Crippen LogP contribution in [-0.4, -0.2) is 23.1 Å². The maximum Gasteiger partial charge on any atom is 0.280 e. The van der Waals surface area contributed by atoms with Crippen LogP contribution in [0.4, 0.5) is 5.69 Å². The van der Waals surface area contributed by atoms with Crippen molar-refractivity contribution >= 4 is 23.5 Å². The summed E-state index contributed by atoms with van der Waals surface area (Å²) < 4.78 is 6.67. The number of hydrogen-bond donors (Lipinski definition) is 1. The second-order valence-electron chi connectivity index (χ2n) is 5.65. The highest BCUT2D eigenvalue weighted by atomic mass is 35.5. The van der Waals surface area contributed by atoms with Gasteiger partial charge in [-0.05, 0) is 37.6 Å². The number of aryl methyl sites for hydroxylation is 2. The number of methoxy groups -OCH3 is 1. The van der Waals surface area contributed by atoms with Crippen molar-refractivity contribution in [3.8, 4) is 11.4 Å². The molecule has 5 nitrogen and oxygen atoms in total. The normalized spacial score (nSPS) is 11.2. The van der Waals surface area contributed by atoms with E-state index in [0.29, 0.717) is 22.0 Å². The van der Waals surface area contributed by atoms with Gasteiger partial charge in [-0.1, -0.05) is 29.8 Å². The summed E-state index contributed by atoms with van der Waals surface area (Å²) in [6, 6.07) is 12.9. The zero-order valence-electron chi connectivity index (χ0n) is 14.2. The molecule has 0 saturated heterocycles.